The molecule has 2 aliphatic rings. The lowest BCUT2D eigenvalue weighted by atomic mass is 10.2. The van der Waals surface area contributed by atoms with Crippen LogP contribution in [0.4, 0.5) is 0 Å². The van der Waals surface area contributed by atoms with Gasteiger partial charge in [-0.25, -0.2) is 8.42 Å². The van der Waals surface area contributed by atoms with Crippen molar-refractivity contribution in [3.63, 3.8) is 0 Å². The van der Waals surface area contributed by atoms with Gasteiger partial charge in [0.15, 0.2) is 0 Å². The van der Waals surface area contributed by atoms with Crippen molar-refractivity contribution in [2.75, 3.05) is 58.7 Å². The smallest absolute Gasteiger partial charge is 0.223 e. The summed E-state index contributed by atoms with van der Waals surface area (Å²) in [6, 6.07) is 0. The molecule has 0 aromatic rings. The van der Waals surface area contributed by atoms with E-state index in [1.54, 1.807) is 0 Å². The first-order valence-electron chi connectivity index (χ1n) is 8.47. The summed E-state index contributed by atoms with van der Waals surface area (Å²) in [6.45, 7) is 7.68. The lowest BCUT2D eigenvalue weighted by Crippen LogP contribution is -2.49. The topological polar surface area (TPSA) is 70.2 Å². The molecule has 7 nitrogen and oxygen atoms in total. The predicted molar refractivity (Wildman–Crippen MR) is 88.7 cm³/mol. The van der Waals surface area contributed by atoms with Crippen molar-refractivity contribution in [3.05, 3.63) is 0 Å². The number of hydrogen-bond donors (Lipinski definition) is 0. The molecule has 2 aliphatic heterocycles. The minimum atomic E-state index is -3.32. The minimum absolute atomic E-state index is 0.0343. The molecule has 1 unspecified atom stereocenters. The van der Waals surface area contributed by atoms with Gasteiger partial charge in [0, 0.05) is 52.3 Å². The van der Waals surface area contributed by atoms with Crippen LogP contribution in [-0.2, 0) is 19.6 Å². The molecule has 0 aromatic carbocycles. The van der Waals surface area contributed by atoms with Crippen LogP contribution >= 0.6 is 0 Å². The first-order valence-corrected chi connectivity index (χ1v) is 10.3. The molecule has 23 heavy (non-hydrogen) atoms. The van der Waals surface area contributed by atoms with Gasteiger partial charge in [-0.2, -0.15) is 4.31 Å². The second kappa shape index (κ2) is 8.41. The Morgan fingerprint density at radius 3 is 2.48 bits per heavy atom. The maximum absolute atomic E-state index is 12.3. The van der Waals surface area contributed by atoms with Crippen LogP contribution in [-0.4, -0.2) is 93.2 Å². The molecule has 2 saturated heterocycles. The van der Waals surface area contributed by atoms with Crippen LogP contribution in [0.25, 0.3) is 0 Å². The van der Waals surface area contributed by atoms with Gasteiger partial charge in [0.2, 0.25) is 15.9 Å². The average Bonchev–Trinajstić information content (AvgIpc) is 3.03. The standard InChI is InChI=1S/C15H29N3O4S/c1-3-16-8-10-17(11-9-16)15(19)6-7-18(23(2,20)21)13-14-5-4-12-22-14/h14H,3-13H2,1-2H3. The van der Waals surface area contributed by atoms with Crippen molar-refractivity contribution in [2.45, 2.75) is 32.3 Å². The zero-order valence-corrected chi connectivity index (χ0v) is 15.1. The van der Waals surface area contributed by atoms with Gasteiger partial charge in [0.05, 0.1) is 12.4 Å². The summed E-state index contributed by atoms with van der Waals surface area (Å²) in [7, 11) is -3.32. The van der Waals surface area contributed by atoms with Crippen molar-refractivity contribution in [1.29, 1.82) is 0 Å². The van der Waals surface area contributed by atoms with Gasteiger partial charge < -0.3 is 14.5 Å². The van der Waals surface area contributed by atoms with Gasteiger partial charge in [0.25, 0.3) is 0 Å². The summed E-state index contributed by atoms with van der Waals surface area (Å²) in [4.78, 5) is 16.5. The zero-order chi connectivity index (χ0) is 16.9. The molecule has 134 valence electrons. The summed E-state index contributed by atoms with van der Waals surface area (Å²) in [5, 5.41) is 0. The summed E-state index contributed by atoms with van der Waals surface area (Å²) in [6.07, 6.45) is 3.27. The highest BCUT2D eigenvalue weighted by Crippen LogP contribution is 2.15. The van der Waals surface area contributed by atoms with Crippen LogP contribution in [0.2, 0.25) is 0 Å². The van der Waals surface area contributed by atoms with Gasteiger partial charge in [-0.05, 0) is 19.4 Å². The first-order chi connectivity index (χ1) is 10.9. The number of carbonyl (C=O) groups excluding carboxylic acids is 1. The van der Waals surface area contributed by atoms with Crippen molar-refractivity contribution >= 4 is 15.9 Å². The molecule has 0 saturated carbocycles. The molecular weight excluding hydrogens is 318 g/mol. The SMILES string of the molecule is CCN1CCN(C(=O)CCN(CC2CCCO2)S(C)(=O)=O)CC1. The first kappa shape index (κ1) is 18.6. The third kappa shape index (κ3) is 5.70. The van der Waals surface area contributed by atoms with Gasteiger partial charge in [0.1, 0.15) is 0 Å². The van der Waals surface area contributed by atoms with E-state index in [1.807, 2.05) is 4.90 Å². The largest absolute Gasteiger partial charge is 0.377 e. The van der Waals surface area contributed by atoms with E-state index in [9.17, 15) is 13.2 Å². The Kier molecular flexibility index (Phi) is 6.82. The highest BCUT2D eigenvalue weighted by Gasteiger charge is 2.26. The number of nitrogens with zero attached hydrogens (tertiary/aromatic N) is 3. The lowest BCUT2D eigenvalue weighted by Gasteiger charge is -2.34. The van der Waals surface area contributed by atoms with Crippen LogP contribution in [0.5, 0.6) is 0 Å². The Hall–Kier alpha value is -0.700. The minimum Gasteiger partial charge on any atom is -0.377 e. The number of ether oxygens (including phenoxy) is 1. The summed E-state index contributed by atoms with van der Waals surface area (Å²) >= 11 is 0. The number of carbonyl (C=O) groups is 1. The molecular formula is C15H29N3O4S. The fraction of sp³-hybridized carbons (Fsp3) is 0.933. The summed E-state index contributed by atoms with van der Waals surface area (Å²) in [5.74, 6) is 0.0433. The Morgan fingerprint density at radius 1 is 1.26 bits per heavy atom. The maximum Gasteiger partial charge on any atom is 0.223 e. The third-order valence-electron chi connectivity index (χ3n) is 4.65. The highest BCUT2D eigenvalue weighted by atomic mass is 32.2. The van der Waals surface area contributed by atoms with Gasteiger partial charge in [-0.15, -0.1) is 0 Å². The third-order valence-corrected chi connectivity index (χ3v) is 5.92. The average molecular weight is 347 g/mol. The van der Waals surface area contributed by atoms with E-state index in [1.165, 1.54) is 10.6 Å². The fourth-order valence-corrected chi connectivity index (χ4v) is 3.96. The van der Waals surface area contributed by atoms with E-state index in [-0.39, 0.29) is 25.0 Å². The number of likely N-dealkylation sites (N-methyl/N-ethyl adjacent to an activating group) is 1. The second-order valence-corrected chi connectivity index (χ2v) is 8.30. The van der Waals surface area contributed by atoms with Crippen molar-refractivity contribution < 1.29 is 17.9 Å². The molecule has 2 rings (SSSR count). The summed E-state index contributed by atoms with van der Waals surface area (Å²) < 4.78 is 30.8. The van der Waals surface area contributed by atoms with E-state index in [4.69, 9.17) is 4.74 Å². The number of hydrogen-bond acceptors (Lipinski definition) is 5. The van der Waals surface area contributed by atoms with Crippen LogP contribution in [0, 0.1) is 0 Å². The van der Waals surface area contributed by atoms with Gasteiger partial charge in [-0.3, -0.25) is 4.79 Å². The highest BCUT2D eigenvalue weighted by molar-refractivity contribution is 7.88. The fourth-order valence-electron chi connectivity index (χ4n) is 3.10. The van der Waals surface area contributed by atoms with E-state index in [2.05, 4.69) is 11.8 Å². The number of rotatable bonds is 7. The van der Waals surface area contributed by atoms with E-state index >= 15 is 0 Å². The van der Waals surface area contributed by atoms with Crippen molar-refractivity contribution in [2.24, 2.45) is 0 Å². The number of amides is 1. The van der Waals surface area contributed by atoms with Crippen LogP contribution in [0.15, 0.2) is 0 Å². The summed E-state index contributed by atoms with van der Waals surface area (Å²) in [5.41, 5.74) is 0. The quantitative estimate of drug-likeness (QED) is 0.647. The Morgan fingerprint density at radius 2 is 1.96 bits per heavy atom. The molecule has 2 fully saturated rings. The normalized spacial score (nSPS) is 23.6. The second-order valence-electron chi connectivity index (χ2n) is 6.32. The van der Waals surface area contributed by atoms with E-state index in [0.717, 1.165) is 45.6 Å². The molecule has 0 spiro atoms. The van der Waals surface area contributed by atoms with E-state index < -0.39 is 10.0 Å². The predicted octanol–water partition coefficient (Wildman–Crippen LogP) is -0.0188. The van der Waals surface area contributed by atoms with Gasteiger partial charge >= 0.3 is 0 Å². The molecule has 0 radical (unpaired) electrons. The van der Waals surface area contributed by atoms with E-state index in [0.29, 0.717) is 13.2 Å². The molecule has 8 heteroatoms. The monoisotopic (exact) mass is 347 g/mol. The van der Waals surface area contributed by atoms with Gasteiger partial charge in [-0.1, -0.05) is 6.92 Å². The molecule has 0 N–H and O–H groups in total. The Labute approximate surface area is 139 Å². The molecule has 2 heterocycles. The number of piperazine rings is 1. The van der Waals surface area contributed by atoms with Crippen LogP contribution in [0.3, 0.4) is 0 Å². The zero-order valence-electron chi connectivity index (χ0n) is 14.2. The Balaban J connectivity index is 1.81. The lowest BCUT2D eigenvalue weighted by molar-refractivity contribution is -0.133. The molecule has 1 atom stereocenters. The van der Waals surface area contributed by atoms with Crippen molar-refractivity contribution in [3.8, 4) is 0 Å². The maximum atomic E-state index is 12.3. The molecule has 0 bridgehead atoms. The van der Waals surface area contributed by atoms with Crippen LogP contribution in [0.1, 0.15) is 26.2 Å². The van der Waals surface area contributed by atoms with Crippen molar-refractivity contribution in [1.82, 2.24) is 14.1 Å². The molecule has 0 aliphatic carbocycles. The molecule has 0 aromatic heterocycles. The Bertz CT molecular complexity index is 483. The van der Waals surface area contributed by atoms with Crippen LogP contribution < -0.4 is 0 Å². The number of sulfonamides is 1. The molecule has 1 amide bonds.